The van der Waals surface area contributed by atoms with Crippen LogP contribution in [0.5, 0.6) is 0 Å². The molecule has 2 nitrogen and oxygen atoms in total. The standard InChI is InChI=1S/C11H17ClN2/c1-3-8-14(4-2)11-9(12)6-5-7-10(11)13/h5-7H,3-4,8,13H2,1-2H3. The van der Waals surface area contributed by atoms with E-state index >= 15 is 0 Å². The molecule has 0 spiro atoms. The lowest BCUT2D eigenvalue weighted by atomic mass is 10.2. The van der Waals surface area contributed by atoms with E-state index in [-0.39, 0.29) is 0 Å². The van der Waals surface area contributed by atoms with Crippen LogP contribution in [0.3, 0.4) is 0 Å². The molecule has 1 rings (SSSR count). The normalized spacial score (nSPS) is 10.2. The highest BCUT2D eigenvalue weighted by Gasteiger charge is 2.10. The van der Waals surface area contributed by atoms with Crippen molar-refractivity contribution in [1.29, 1.82) is 0 Å². The smallest absolute Gasteiger partial charge is 0.0789 e. The van der Waals surface area contributed by atoms with Gasteiger partial charge in [0, 0.05) is 13.1 Å². The van der Waals surface area contributed by atoms with Gasteiger partial charge in [0.15, 0.2) is 0 Å². The predicted octanol–water partition coefficient (Wildman–Crippen LogP) is 3.16. The van der Waals surface area contributed by atoms with Crippen molar-refractivity contribution in [3.8, 4) is 0 Å². The highest BCUT2D eigenvalue weighted by molar-refractivity contribution is 6.34. The molecule has 0 fully saturated rings. The van der Waals surface area contributed by atoms with Gasteiger partial charge in [0.2, 0.25) is 0 Å². The molecule has 0 saturated carbocycles. The van der Waals surface area contributed by atoms with Crippen LogP contribution in [-0.2, 0) is 0 Å². The van der Waals surface area contributed by atoms with Crippen molar-refractivity contribution in [2.75, 3.05) is 23.7 Å². The molecule has 0 amide bonds. The van der Waals surface area contributed by atoms with E-state index in [2.05, 4.69) is 18.7 Å². The average Bonchev–Trinajstić information content (AvgIpc) is 2.16. The minimum Gasteiger partial charge on any atom is -0.397 e. The third-order valence-electron chi connectivity index (χ3n) is 2.21. The van der Waals surface area contributed by atoms with Crippen molar-refractivity contribution in [2.24, 2.45) is 0 Å². The van der Waals surface area contributed by atoms with Gasteiger partial charge in [0.25, 0.3) is 0 Å². The van der Waals surface area contributed by atoms with Gasteiger partial charge in [-0.25, -0.2) is 0 Å². The van der Waals surface area contributed by atoms with Crippen molar-refractivity contribution in [2.45, 2.75) is 20.3 Å². The molecule has 1 aromatic rings. The second-order valence-electron chi connectivity index (χ2n) is 3.26. The third kappa shape index (κ3) is 2.32. The van der Waals surface area contributed by atoms with Gasteiger partial charge >= 0.3 is 0 Å². The van der Waals surface area contributed by atoms with Gasteiger partial charge in [-0.15, -0.1) is 0 Å². The van der Waals surface area contributed by atoms with Gasteiger partial charge in [-0.2, -0.15) is 0 Å². The highest BCUT2D eigenvalue weighted by Crippen LogP contribution is 2.31. The number of anilines is 2. The Kier molecular flexibility index (Phi) is 4.08. The van der Waals surface area contributed by atoms with Crippen molar-refractivity contribution >= 4 is 23.0 Å². The summed E-state index contributed by atoms with van der Waals surface area (Å²) in [5, 5.41) is 0.736. The van der Waals surface area contributed by atoms with Crippen LogP contribution in [0.4, 0.5) is 11.4 Å². The van der Waals surface area contributed by atoms with E-state index in [1.165, 1.54) is 0 Å². The molecule has 0 saturated heterocycles. The van der Waals surface area contributed by atoms with Crippen molar-refractivity contribution in [1.82, 2.24) is 0 Å². The zero-order chi connectivity index (χ0) is 10.6. The molecule has 78 valence electrons. The van der Waals surface area contributed by atoms with Gasteiger partial charge in [-0.1, -0.05) is 24.6 Å². The lowest BCUT2D eigenvalue weighted by Gasteiger charge is -2.25. The number of benzene rings is 1. The highest BCUT2D eigenvalue weighted by atomic mass is 35.5. The minimum absolute atomic E-state index is 0.736. The van der Waals surface area contributed by atoms with Crippen LogP contribution in [0.1, 0.15) is 20.3 Å². The number of nitrogens with zero attached hydrogens (tertiary/aromatic N) is 1. The monoisotopic (exact) mass is 212 g/mol. The molecule has 0 bridgehead atoms. The first-order valence-electron chi connectivity index (χ1n) is 4.99. The zero-order valence-corrected chi connectivity index (χ0v) is 9.51. The second kappa shape index (κ2) is 5.11. The van der Waals surface area contributed by atoms with Gasteiger partial charge in [0.05, 0.1) is 16.4 Å². The Morgan fingerprint density at radius 2 is 2.07 bits per heavy atom. The Labute approximate surface area is 90.7 Å². The molecule has 0 aliphatic carbocycles. The van der Waals surface area contributed by atoms with E-state index in [0.29, 0.717) is 0 Å². The van der Waals surface area contributed by atoms with Gasteiger partial charge in [-0.3, -0.25) is 0 Å². The number of halogens is 1. The molecule has 0 atom stereocenters. The summed E-state index contributed by atoms with van der Waals surface area (Å²) in [6.45, 7) is 6.18. The van der Waals surface area contributed by atoms with E-state index in [1.54, 1.807) is 0 Å². The topological polar surface area (TPSA) is 29.3 Å². The third-order valence-corrected chi connectivity index (χ3v) is 2.51. The first kappa shape index (κ1) is 11.2. The Morgan fingerprint density at radius 1 is 1.36 bits per heavy atom. The summed E-state index contributed by atoms with van der Waals surface area (Å²) in [5.41, 5.74) is 7.63. The SMILES string of the molecule is CCCN(CC)c1c(N)cccc1Cl. The Bertz CT molecular complexity index is 279. The summed E-state index contributed by atoms with van der Waals surface area (Å²) in [4.78, 5) is 2.21. The molecule has 14 heavy (non-hydrogen) atoms. The maximum atomic E-state index is 6.12. The van der Waals surface area contributed by atoms with Gasteiger partial charge in [0.1, 0.15) is 0 Å². The first-order chi connectivity index (χ1) is 6.70. The molecular weight excluding hydrogens is 196 g/mol. The summed E-state index contributed by atoms with van der Waals surface area (Å²) in [7, 11) is 0. The Balaban J connectivity index is 3.02. The van der Waals surface area contributed by atoms with E-state index in [1.807, 2.05) is 18.2 Å². The maximum absolute atomic E-state index is 6.12. The van der Waals surface area contributed by atoms with Crippen LogP contribution in [0.2, 0.25) is 5.02 Å². The van der Waals surface area contributed by atoms with Crippen LogP contribution >= 0.6 is 11.6 Å². The van der Waals surface area contributed by atoms with E-state index in [9.17, 15) is 0 Å². The number of nitrogen functional groups attached to an aromatic ring is 1. The molecule has 0 heterocycles. The fourth-order valence-electron chi connectivity index (χ4n) is 1.56. The molecule has 0 aromatic heterocycles. The first-order valence-corrected chi connectivity index (χ1v) is 5.37. The number of hydrogen-bond donors (Lipinski definition) is 1. The van der Waals surface area contributed by atoms with Crippen LogP contribution in [0.15, 0.2) is 18.2 Å². The number of para-hydroxylation sites is 1. The summed E-state index contributed by atoms with van der Waals surface area (Å²) < 4.78 is 0. The van der Waals surface area contributed by atoms with Crippen molar-refractivity contribution < 1.29 is 0 Å². The Hall–Kier alpha value is -0.890. The van der Waals surface area contributed by atoms with E-state index in [0.717, 1.165) is 35.9 Å². The van der Waals surface area contributed by atoms with Gasteiger partial charge in [-0.05, 0) is 25.5 Å². The summed E-state index contributed by atoms with van der Waals surface area (Å²) in [5.74, 6) is 0. The van der Waals surface area contributed by atoms with Crippen LogP contribution in [0.25, 0.3) is 0 Å². The summed E-state index contributed by atoms with van der Waals surface area (Å²) >= 11 is 6.12. The van der Waals surface area contributed by atoms with Crippen LogP contribution in [0, 0.1) is 0 Å². The molecule has 0 radical (unpaired) electrons. The fourth-order valence-corrected chi connectivity index (χ4v) is 1.86. The van der Waals surface area contributed by atoms with Crippen molar-refractivity contribution in [3.05, 3.63) is 23.2 Å². The molecular formula is C11H17ClN2. The second-order valence-corrected chi connectivity index (χ2v) is 3.66. The predicted molar refractivity (Wildman–Crippen MR) is 64.0 cm³/mol. The molecule has 0 unspecified atom stereocenters. The maximum Gasteiger partial charge on any atom is 0.0789 e. The fraction of sp³-hybridized carbons (Fsp3) is 0.455. The van der Waals surface area contributed by atoms with Crippen molar-refractivity contribution in [3.63, 3.8) is 0 Å². The zero-order valence-electron chi connectivity index (χ0n) is 8.76. The summed E-state index contributed by atoms with van der Waals surface area (Å²) in [6.07, 6.45) is 1.10. The number of nitrogens with two attached hydrogens (primary N) is 1. The molecule has 0 aliphatic heterocycles. The minimum atomic E-state index is 0.736. The number of rotatable bonds is 4. The average molecular weight is 213 g/mol. The Morgan fingerprint density at radius 3 is 2.57 bits per heavy atom. The van der Waals surface area contributed by atoms with Crippen LogP contribution in [-0.4, -0.2) is 13.1 Å². The van der Waals surface area contributed by atoms with Gasteiger partial charge < -0.3 is 10.6 Å². The van der Waals surface area contributed by atoms with E-state index in [4.69, 9.17) is 17.3 Å². The molecule has 3 heteroatoms. The quantitative estimate of drug-likeness (QED) is 0.777. The molecule has 2 N–H and O–H groups in total. The summed E-state index contributed by atoms with van der Waals surface area (Å²) in [6, 6.07) is 5.64. The number of hydrogen-bond acceptors (Lipinski definition) is 2. The molecule has 1 aromatic carbocycles. The van der Waals surface area contributed by atoms with E-state index < -0.39 is 0 Å². The molecule has 0 aliphatic rings. The lowest BCUT2D eigenvalue weighted by Crippen LogP contribution is -2.24. The largest absolute Gasteiger partial charge is 0.397 e. The van der Waals surface area contributed by atoms with Crippen LogP contribution < -0.4 is 10.6 Å². The lowest BCUT2D eigenvalue weighted by molar-refractivity contribution is 0.793.